The van der Waals surface area contributed by atoms with Crippen molar-refractivity contribution in [3.05, 3.63) is 24.0 Å². The highest BCUT2D eigenvalue weighted by Crippen LogP contribution is 2.35. The van der Waals surface area contributed by atoms with Crippen LogP contribution in [0.25, 0.3) is 0 Å². The van der Waals surface area contributed by atoms with Gasteiger partial charge in [-0.05, 0) is 44.4 Å². The zero-order valence-electron chi connectivity index (χ0n) is 12.7. The summed E-state index contributed by atoms with van der Waals surface area (Å²) >= 11 is 0. The van der Waals surface area contributed by atoms with Gasteiger partial charge in [0.15, 0.2) is 0 Å². The lowest BCUT2D eigenvalue weighted by Crippen LogP contribution is -2.38. The quantitative estimate of drug-likeness (QED) is 0.900. The molecule has 0 saturated carbocycles. The third-order valence-corrected chi connectivity index (χ3v) is 4.84. The predicted octanol–water partition coefficient (Wildman–Crippen LogP) is 3.38. The van der Waals surface area contributed by atoms with Gasteiger partial charge in [0.2, 0.25) is 0 Å². The first-order valence-corrected chi connectivity index (χ1v) is 7.46. The van der Waals surface area contributed by atoms with Crippen molar-refractivity contribution in [3.8, 4) is 0 Å². The molecular weight excluding hydrogens is 234 g/mol. The van der Waals surface area contributed by atoms with Crippen LogP contribution in [0, 0.1) is 5.41 Å². The number of piperidine rings is 1. The molecule has 0 bridgehead atoms. The molecule has 0 spiro atoms. The Balaban J connectivity index is 2.00. The Bertz CT molecular complexity index is 391. The zero-order chi connectivity index (χ0) is 13.9. The topological polar surface area (TPSA) is 28.2 Å². The Morgan fingerprint density at radius 3 is 2.53 bits per heavy atom. The number of pyridine rings is 1. The molecule has 1 N–H and O–H groups in total. The molecule has 0 radical (unpaired) electrons. The molecule has 19 heavy (non-hydrogen) atoms. The van der Waals surface area contributed by atoms with Crippen molar-refractivity contribution in [2.75, 3.05) is 25.0 Å². The number of hydrogen-bond acceptors (Lipinski definition) is 3. The van der Waals surface area contributed by atoms with Gasteiger partial charge in [-0.2, -0.15) is 0 Å². The first-order chi connectivity index (χ1) is 9.08. The minimum atomic E-state index is 0.318. The van der Waals surface area contributed by atoms with Crippen molar-refractivity contribution in [1.29, 1.82) is 0 Å². The Kier molecular flexibility index (Phi) is 4.46. The van der Waals surface area contributed by atoms with Gasteiger partial charge >= 0.3 is 0 Å². The standard InChI is InChI=1S/C16H27N3/c1-5-16(3)8-10-19(11-9-16)14-6-7-15(18-12-14)13(2)17-4/h6-7,12-13,17H,5,8-11H2,1-4H3. The fourth-order valence-corrected chi connectivity index (χ4v) is 2.65. The van der Waals surface area contributed by atoms with Crippen LogP contribution in [0.5, 0.6) is 0 Å². The third kappa shape index (κ3) is 3.27. The minimum absolute atomic E-state index is 0.318. The van der Waals surface area contributed by atoms with Gasteiger partial charge in [0, 0.05) is 19.1 Å². The lowest BCUT2D eigenvalue weighted by molar-refractivity contribution is 0.238. The molecular formula is C16H27N3. The van der Waals surface area contributed by atoms with Gasteiger partial charge in [0.25, 0.3) is 0 Å². The van der Waals surface area contributed by atoms with Crippen LogP contribution in [0.1, 0.15) is 51.8 Å². The molecule has 1 aromatic heterocycles. The SMILES string of the molecule is CCC1(C)CCN(c2ccc(C(C)NC)nc2)CC1. The van der Waals surface area contributed by atoms with Crippen molar-refractivity contribution < 1.29 is 0 Å². The average Bonchev–Trinajstić information content (AvgIpc) is 2.47. The number of rotatable bonds is 4. The molecule has 3 nitrogen and oxygen atoms in total. The molecule has 1 saturated heterocycles. The molecule has 1 atom stereocenters. The predicted molar refractivity (Wildman–Crippen MR) is 81.6 cm³/mol. The second kappa shape index (κ2) is 5.91. The van der Waals surface area contributed by atoms with Gasteiger partial charge in [-0.25, -0.2) is 0 Å². The molecule has 1 aliphatic heterocycles. The maximum Gasteiger partial charge on any atom is 0.0571 e. The molecule has 1 fully saturated rings. The van der Waals surface area contributed by atoms with Crippen LogP contribution in [0.3, 0.4) is 0 Å². The number of aromatic nitrogens is 1. The third-order valence-electron chi connectivity index (χ3n) is 4.84. The van der Waals surface area contributed by atoms with E-state index in [1.807, 2.05) is 13.2 Å². The number of hydrogen-bond donors (Lipinski definition) is 1. The van der Waals surface area contributed by atoms with Crippen molar-refractivity contribution >= 4 is 5.69 Å². The Morgan fingerprint density at radius 1 is 1.37 bits per heavy atom. The maximum absolute atomic E-state index is 4.58. The number of nitrogens with one attached hydrogen (secondary N) is 1. The molecule has 1 aromatic rings. The van der Waals surface area contributed by atoms with Crippen molar-refractivity contribution in [1.82, 2.24) is 10.3 Å². The lowest BCUT2D eigenvalue weighted by Gasteiger charge is -2.40. The van der Waals surface area contributed by atoms with Crippen LogP contribution in [-0.2, 0) is 0 Å². The van der Waals surface area contributed by atoms with E-state index < -0.39 is 0 Å². The van der Waals surface area contributed by atoms with Gasteiger partial charge in [0.05, 0.1) is 17.6 Å². The fraction of sp³-hybridized carbons (Fsp3) is 0.688. The maximum atomic E-state index is 4.58. The summed E-state index contributed by atoms with van der Waals surface area (Å²) in [6.45, 7) is 9.18. The van der Waals surface area contributed by atoms with E-state index in [0.29, 0.717) is 11.5 Å². The van der Waals surface area contributed by atoms with E-state index in [2.05, 4.69) is 48.1 Å². The van der Waals surface area contributed by atoms with Gasteiger partial charge in [0.1, 0.15) is 0 Å². The van der Waals surface area contributed by atoms with Gasteiger partial charge in [-0.15, -0.1) is 0 Å². The largest absolute Gasteiger partial charge is 0.370 e. The summed E-state index contributed by atoms with van der Waals surface area (Å²) in [6, 6.07) is 4.67. The van der Waals surface area contributed by atoms with Crippen LogP contribution in [-0.4, -0.2) is 25.1 Å². The van der Waals surface area contributed by atoms with E-state index in [-0.39, 0.29) is 0 Å². The van der Waals surface area contributed by atoms with E-state index >= 15 is 0 Å². The van der Waals surface area contributed by atoms with E-state index in [1.54, 1.807) is 0 Å². The monoisotopic (exact) mass is 261 g/mol. The Hall–Kier alpha value is -1.09. The van der Waals surface area contributed by atoms with Crippen LogP contribution in [0.4, 0.5) is 5.69 Å². The lowest BCUT2D eigenvalue weighted by atomic mass is 9.78. The Labute approximate surface area is 117 Å². The van der Waals surface area contributed by atoms with Gasteiger partial charge in [-0.1, -0.05) is 20.3 Å². The minimum Gasteiger partial charge on any atom is -0.370 e. The zero-order valence-corrected chi connectivity index (χ0v) is 12.7. The molecule has 2 rings (SSSR count). The van der Waals surface area contributed by atoms with Crippen LogP contribution in [0.15, 0.2) is 18.3 Å². The van der Waals surface area contributed by atoms with Gasteiger partial charge < -0.3 is 10.2 Å². The normalized spacial score (nSPS) is 20.3. The van der Waals surface area contributed by atoms with Crippen molar-refractivity contribution in [2.24, 2.45) is 5.41 Å². The summed E-state index contributed by atoms with van der Waals surface area (Å²) in [7, 11) is 1.97. The second-order valence-corrected chi connectivity index (χ2v) is 6.10. The molecule has 1 aliphatic rings. The summed E-state index contributed by atoms with van der Waals surface area (Å²) < 4.78 is 0. The van der Waals surface area contributed by atoms with Gasteiger partial charge in [-0.3, -0.25) is 4.98 Å². The highest BCUT2D eigenvalue weighted by Gasteiger charge is 2.28. The van der Waals surface area contributed by atoms with Crippen molar-refractivity contribution in [2.45, 2.75) is 46.1 Å². The Morgan fingerprint density at radius 2 is 2.05 bits per heavy atom. The summed E-state index contributed by atoms with van der Waals surface area (Å²) in [6.07, 6.45) is 5.89. The van der Waals surface area contributed by atoms with Crippen molar-refractivity contribution in [3.63, 3.8) is 0 Å². The second-order valence-electron chi connectivity index (χ2n) is 6.10. The van der Waals surface area contributed by atoms with E-state index in [9.17, 15) is 0 Å². The van der Waals surface area contributed by atoms with E-state index in [1.165, 1.54) is 24.9 Å². The highest BCUT2D eigenvalue weighted by atomic mass is 15.1. The molecule has 0 amide bonds. The van der Waals surface area contributed by atoms with Crippen LogP contribution >= 0.6 is 0 Å². The molecule has 3 heteroatoms. The summed E-state index contributed by atoms with van der Waals surface area (Å²) in [5.74, 6) is 0. The first kappa shape index (κ1) is 14.3. The van der Waals surface area contributed by atoms with E-state index in [0.717, 1.165) is 18.8 Å². The van der Waals surface area contributed by atoms with Crippen LogP contribution in [0.2, 0.25) is 0 Å². The highest BCUT2D eigenvalue weighted by molar-refractivity contribution is 5.45. The molecule has 1 unspecified atom stereocenters. The summed E-state index contributed by atoms with van der Waals surface area (Å²) in [5.41, 5.74) is 2.93. The summed E-state index contributed by atoms with van der Waals surface area (Å²) in [5, 5.41) is 3.22. The molecule has 0 aliphatic carbocycles. The summed E-state index contributed by atoms with van der Waals surface area (Å²) in [4.78, 5) is 7.05. The smallest absolute Gasteiger partial charge is 0.0571 e. The van der Waals surface area contributed by atoms with Crippen LogP contribution < -0.4 is 10.2 Å². The number of anilines is 1. The van der Waals surface area contributed by atoms with E-state index in [4.69, 9.17) is 0 Å². The number of nitrogens with zero attached hydrogens (tertiary/aromatic N) is 2. The average molecular weight is 261 g/mol. The molecule has 2 heterocycles. The first-order valence-electron chi connectivity index (χ1n) is 7.46. The fourth-order valence-electron chi connectivity index (χ4n) is 2.65. The molecule has 0 aromatic carbocycles. The molecule has 106 valence electrons.